The lowest BCUT2D eigenvalue weighted by molar-refractivity contribution is -0.123. The summed E-state index contributed by atoms with van der Waals surface area (Å²) in [6, 6.07) is 22.8. The van der Waals surface area contributed by atoms with E-state index in [4.69, 9.17) is 28.9 Å². The van der Waals surface area contributed by atoms with Gasteiger partial charge in [-0.05, 0) is 72.6 Å². The van der Waals surface area contributed by atoms with Crippen molar-refractivity contribution < 1.29 is 9.59 Å². The number of nitrogens with zero attached hydrogens (tertiary/aromatic N) is 3. The quantitative estimate of drug-likeness (QED) is 0.196. The van der Waals surface area contributed by atoms with Crippen LogP contribution in [0, 0.1) is 6.92 Å². The second kappa shape index (κ2) is 11.2. The number of halogens is 1. The van der Waals surface area contributed by atoms with E-state index in [0.29, 0.717) is 10.8 Å². The lowest BCUT2D eigenvalue weighted by atomic mass is 9.95. The summed E-state index contributed by atoms with van der Waals surface area (Å²) in [6.07, 6.45) is 3.69. The van der Waals surface area contributed by atoms with E-state index in [1.807, 2.05) is 41.2 Å². The van der Waals surface area contributed by atoms with Gasteiger partial charge in [-0.2, -0.15) is 10.1 Å². The Morgan fingerprint density at radius 1 is 1.08 bits per heavy atom. The highest BCUT2D eigenvalue weighted by atomic mass is 35.5. The summed E-state index contributed by atoms with van der Waals surface area (Å²) in [7, 11) is 0. The summed E-state index contributed by atoms with van der Waals surface area (Å²) >= 11 is 12.7. The Balaban J connectivity index is 1.53. The highest BCUT2D eigenvalue weighted by Gasteiger charge is 2.34. The molecule has 0 unspecified atom stereocenters. The maximum Gasteiger partial charge on any atom is 0.285 e. The van der Waals surface area contributed by atoms with Crippen molar-refractivity contribution in [2.45, 2.75) is 26.7 Å². The molecule has 0 radical (unpaired) electrons. The van der Waals surface area contributed by atoms with Crippen molar-refractivity contribution in [2.75, 3.05) is 0 Å². The van der Waals surface area contributed by atoms with Gasteiger partial charge in [-0.25, -0.2) is 4.68 Å². The zero-order chi connectivity index (χ0) is 27.7. The number of aryl methyl sites for hydroxylation is 1. The molecule has 196 valence electrons. The summed E-state index contributed by atoms with van der Waals surface area (Å²) in [5.41, 5.74) is 8.53. The van der Waals surface area contributed by atoms with Crippen molar-refractivity contribution in [3.05, 3.63) is 111 Å². The Kier molecular flexibility index (Phi) is 7.70. The van der Waals surface area contributed by atoms with E-state index >= 15 is 0 Å². The van der Waals surface area contributed by atoms with Crippen LogP contribution in [0.3, 0.4) is 0 Å². The van der Waals surface area contributed by atoms with Crippen molar-refractivity contribution in [1.29, 1.82) is 0 Å². The smallest absolute Gasteiger partial charge is 0.267 e. The number of carbonyl (C=O) groups is 2. The first kappa shape index (κ1) is 26.9. The third-order valence-corrected chi connectivity index (χ3v) is 7.99. The third kappa shape index (κ3) is 5.54. The number of amides is 2. The van der Waals surface area contributed by atoms with Crippen molar-refractivity contribution in [3.63, 3.8) is 0 Å². The average molecular weight is 573 g/mol. The number of nitrogens with one attached hydrogen (secondary N) is 1. The van der Waals surface area contributed by atoms with E-state index in [0.717, 1.165) is 44.8 Å². The molecule has 1 saturated heterocycles. The number of aromatic nitrogens is 2. The first-order chi connectivity index (χ1) is 18.7. The van der Waals surface area contributed by atoms with Crippen molar-refractivity contribution in [3.8, 4) is 16.9 Å². The van der Waals surface area contributed by atoms with Gasteiger partial charge in [0.05, 0.1) is 21.2 Å². The van der Waals surface area contributed by atoms with Gasteiger partial charge in [-0.15, -0.1) is 0 Å². The lowest BCUT2D eigenvalue weighted by Crippen LogP contribution is -2.44. The molecule has 0 saturated carbocycles. The maximum atomic E-state index is 13.4. The molecule has 1 aliphatic rings. The van der Waals surface area contributed by atoms with E-state index in [-0.39, 0.29) is 14.9 Å². The molecule has 2 amide bonds. The fourth-order valence-electron chi connectivity index (χ4n) is 4.18. The van der Waals surface area contributed by atoms with Crippen LogP contribution in [0.15, 0.2) is 83.9 Å². The van der Waals surface area contributed by atoms with Gasteiger partial charge in [0.25, 0.3) is 11.8 Å². The molecule has 0 aliphatic carbocycles. The minimum atomic E-state index is -0.517. The molecular weight excluding hydrogens is 548 g/mol. The average Bonchev–Trinajstić information content (AvgIpc) is 3.46. The van der Waals surface area contributed by atoms with E-state index < -0.39 is 11.8 Å². The van der Waals surface area contributed by atoms with Crippen LogP contribution >= 0.6 is 35.6 Å². The van der Waals surface area contributed by atoms with Crippen LogP contribution in [0.4, 0.5) is 0 Å². The number of para-hydroxylation sites is 1. The second-order valence-electron chi connectivity index (χ2n) is 9.38. The predicted molar refractivity (Wildman–Crippen MR) is 162 cm³/mol. The number of rotatable bonds is 6. The molecular formula is C30H25ClN4O2S2. The van der Waals surface area contributed by atoms with Crippen LogP contribution in [-0.4, -0.2) is 30.9 Å². The molecule has 9 heteroatoms. The second-order valence-corrected chi connectivity index (χ2v) is 11.5. The number of hydrogen-bond acceptors (Lipinski definition) is 5. The Morgan fingerprint density at radius 2 is 1.79 bits per heavy atom. The van der Waals surface area contributed by atoms with E-state index in [1.54, 1.807) is 30.3 Å². The molecule has 1 fully saturated rings. The van der Waals surface area contributed by atoms with Gasteiger partial charge in [0.15, 0.2) is 4.32 Å². The first-order valence-electron chi connectivity index (χ1n) is 12.3. The monoisotopic (exact) mass is 572 g/mol. The van der Waals surface area contributed by atoms with E-state index in [2.05, 4.69) is 44.4 Å². The maximum absolute atomic E-state index is 13.4. The number of thiocarbonyl (C=S) groups is 1. The van der Waals surface area contributed by atoms with Gasteiger partial charge in [-0.1, -0.05) is 79.7 Å². The lowest BCUT2D eigenvalue weighted by Gasteiger charge is -2.16. The van der Waals surface area contributed by atoms with Crippen LogP contribution in [0.2, 0.25) is 5.02 Å². The number of carbonyl (C=O) groups excluding carboxylic acids is 2. The van der Waals surface area contributed by atoms with Crippen LogP contribution in [0.25, 0.3) is 23.0 Å². The Labute approximate surface area is 241 Å². The molecule has 6 nitrogen and oxygen atoms in total. The Morgan fingerprint density at radius 3 is 2.51 bits per heavy atom. The molecule has 0 bridgehead atoms. The predicted octanol–water partition coefficient (Wildman–Crippen LogP) is 7.17. The minimum absolute atomic E-state index is 0.224. The van der Waals surface area contributed by atoms with Crippen LogP contribution in [0.1, 0.15) is 46.8 Å². The summed E-state index contributed by atoms with van der Waals surface area (Å²) in [5, 5.41) is 6.31. The Hall–Kier alpha value is -3.72. The number of hydrazine groups is 1. The molecule has 2 heterocycles. The zero-order valence-corrected chi connectivity index (χ0v) is 23.9. The highest BCUT2D eigenvalue weighted by molar-refractivity contribution is 8.26. The minimum Gasteiger partial charge on any atom is -0.267 e. The van der Waals surface area contributed by atoms with Crippen molar-refractivity contribution >= 4 is 57.8 Å². The number of benzene rings is 3. The molecule has 0 atom stereocenters. The van der Waals surface area contributed by atoms with Crippen LogP contribution in [-0.2, 0) is 4.79 Å². The van der Waals surface area contributed by atoms with Crippen molar-refractivity contribution in [2.24, 2.45) is 0 Å². The zero-order valence-electron chi connectivity index (χ0n) is 21.5. The highest BCUT2D eigenvalue weighted by Crippen LogP contribution is 2.36. The number of hydrogen-bond donors (Lipinski definition) is 1. The summed E-state index contributed by atoms with van der Waals surface area (Å²) in [4.78, 5) is 26.6. The molecule has 1 aliphatic heterocycles. The topological polar surface area (TPSA) is 67.2 Å². The summed E-state index contributed by atoms with van der Waals surface area (Å²) in [5.74, 6) is -0.588. The number of thioether (sulfide) groups is 1. The van der Waals surface area contributed by atoms with Gasteiger partial charge in [0, 0.05) is 17.3 Å². The van der Waals surface area contributed by atoms with Crippen molar-refractivity contribution in [1.82, 2.24) is 20.2 Å². The van der Waals surface area contributed by atoms with Crippen LogP contribution in [0.5, 0.6) is 0 Å². The van der Waals surface area contributed by atoms with E-state index in [9.17, 15) is 9.59 Å². The molecule has 1 N–H and O–H groups in total. The summed E-state index contributed by atoms with van der Waals surface area (Å²) < 4.78 is 2.03. The van der Waals surface area contributed by atoms with Gasteiger partial charge >= 0.3 is 0 Å². The largest absolute Gasteiger partial charge is 0.285 e. The first-order valence-corrected chi connectivity index (χ1v) is 13.9. The fourth-order valence-corrected chi connectivity index (χ4v) is 5.57. The van der Waals surface area contributed by atoms with Gasteiger partial charge in [0.1, 0.15) is 5.69 Å². The fraction of sp³-hybridized carbons (Fsp3) is 0.133. The standard InChI is InChI=1S/C30H25ClN4O2S2/c1-18(2)20-14-13-19(3)24(15-20)27-21(17-34(32-27)22-9-5-4-6-10-22)16-26-29(37)35(30(38)39-26)33-28(36)23-11-7-8-12-25(23)31/h4-18H,1-3H3,(H,33,36). The molecule has 39 heavy (non-hydrogen) atoms. The van der Waals surface area contributed by atoms with Crippen LogP contribution < -0.4 is 5.43 Å². The van der Waals surface area contributed by atoms with Gasteiger partial charge < -0.3 is 0 Å². The van der Waals surface area contributed by atoms with Gasteiger partial charge in [-0.3, -0.25) is 15.0 Å². The molecule has 5 rings (SSSR count). The molecule has 4 aromatic rings. The SMILES string of the molecule is Cc1ccc(C(C)C)cc1-c1nn(-c2ccccc2)cc1C=C1SC(=S)N(NC(=O)c2ccccc2Cl)C1=O. The normalized spacial score (nSPS) is 14.5. The molecule has 3 aromatic carbocycles. The van der Waals surface area contributed by atoms with Gasteiger partial charge in [0.2, 0.25) is 0 Å². The van der Waals surface area contributed by atoms with E-state index in [1.165, 1.54) is 5.56 Å². The molecule has 1 aromatic heterocycles. The molecule has 0 spiro atoms. The Bertz CT molecular complexity index is 1630. The summed E-state index contributed by atoms with van der Waals surface area (Å²) in [6.45, 7) is 6.36. The third-order valence-electron chi connectivity index (χ3n) is 6.36.